The van der Waals surface area contributed by atoms with Crippen molar-refractivity contribution >= 4 is 23.2 Å². The predicted octanol–water partition coefficient (Wildman–Crippen LogP) is 3.40. The number of anilines is 2. The van der Waals surface area contributed by atoms with E-state index in [1.54, 1.807) is 0 Å². The molecule has 1 aromatic carbocycles. The Hall–Kier alpha value is -4.50. The van der Waals surface area contributed by atoms with Gasteiger partial charge in [0.25, 0.3) is 0 Å². The molecule has 4 heterocycles. The number of rotatable bonds is 5. The van der Waals surface area contributed by atoms with Crippen molar-refractivity contribution in [3.63, 3.8) is 0 Å². The molecule has 0 radical (unpaired) electrons. The quantitative estimate of drug-likeness (QED) is 0.328. The second-order valence-electron chi connectivity index (χ2n) is 8.70. The standard InChI is InChI=1S/C22H16F6N8O2/c1-20(9-2-3-10(23)13(37)6-9)14-15(29)33-16(34-17(14)35-19(20)38)12-7-36-18(30-8-31-36)11(32-12)4-5-21(24,25)22(26,27)28/h2-3,6-8,37H,4-5H2,1H3,(H3,29,33,34,35,38)/t20-/m1/s1. The van der Waals surface area contributed by atoms with Crippen LogP contribution in [0.2, 0.25) is 0 Å². The van der Waals surface area contributed by atoms with Gasteiger partial charge < -0.3 is 16.2 Å². The van der Waals surface area contributed by atoms with Crippen LogP contribution in [0.5, 0.6) is 5.75 Å². The maximum atomic E-state index is 13.6. The summed E-state index contributed by atoms with van der Waals surface area (Å²) in [6.07, 6.45) is -5.79. The van der Waals surface area contributed by atoms with Gasteiger partial charge in [0.2, 0.25) is 5.91 Å². The number of hydrogen-bond donors (Lipinski definition) is 3. The van der Waals surface area contributed by atoms with Gasteiger partial charge in [-0.25, -0.2) is 28.8 Å². The lowest BCUT2D eigenvalue weighted by atomic mass is 9.77. The summed E-state index contributed by atoms with van der Waals surface area (Å²) in [5.41, 5.74) is 4.64. The van der Waals surface area contributed by atoms with E-state index in [4.69, 9.17) is 5.73 Å². The minimum atomic E-state index is -5.74. The maximum Gasteiger partial charge on any atom is 0.453 e. The van der Waals surface area contributed by atoms with E-state index in [0.717, 1.165) is 23.0 Å². The lowest BCUT2D eigenvalue weighted by molar-refractivity contribution is -0.284. The Morgan fingerprint density at radius 2 is 1.89 bits per heavy atom. The fourth-order valence-corrected chi connectivity index (χ4v) is 4.21. The monoisotopic (exact) mass is 538 g/mol. The second-order valence-corrected chi connectivity index (χ2v) is 8.70. The fraction of sp³-hybridized carbons (Fsp3) is 0.273. The number of phenolic OH excluding ortho intramolecular Hbond substituents is 1. The first-order valence-electron chi connectivity index (χ1n) is 10.8. The van der Waals surface area contributed by atoms with Crippen LogP contribution in [0.15, 0.2) is 30.7 Å². The Morgan fingerprint density at radius 3 is 2.58 bits per heavy atom. The van der Waals surface area contributed by atoms with Crippen molar-refractivity contribution in [1.82, 2.24) is 29.5 Å². The highest BCUT2D eigenvalue weighted by Crippen LogP contribution is 2.45. The molecule has 16 heteroatoms. The first kappa shape index (κ1) is 25.2. The molecule has 0 aliphatic carbocycles. The molecule has 4 aromatic rings. The topological polar surface area (TPSA) is 144 Å². The van der Waals surface area contributed by atoms with E-state index >= 15 is 0 Å². The number of carbonyl (C=O) groups excluding carboxylic acids is 1. The number of aryl methyl sites for hydroxylation is 1. The minimum Gasteiger partial charge on any atom is -0.505 e. The van der Waals surface area contributed by atoms with Crippen LogP contribution in [0.25, 0.3) is 17.2 Å². The Labute approximate surface area is 208 Å². The number of halogens is 6. The van der Waals surface area contributed by atoms with E-state index in [1.807, 2.05) is 0 Å². The van der Waals surface area contributed by atoms with Crippen molar-refractivity contribution in [3.8, 4) is 17.3 Å². The Morgan fingerprint density at radius 1 is 1.16 bits per heavy atom. The molecule has 38 heavy (non-hydrogen) atoms. The number of aromatic nitrogens is 6. The molecule has 1 aliphatic heterocycles. The predicted molar refractivity (Wildman–Crippen MR) is 119 cm³/mol. The summed E-state index contributed by atoms with van der Waals surface area (Å²) in [6.45, 7) is 1.47. The van der Waals surface area contributed by atoms with Gasteiger partial charge in [0.15, 0.2) is 23.0 Å². The zero-order valence-corrected chi connectivity index (χ0v) is 19.2. The van der Waals surface area contributed by atoms with E-state index in [1.165, 1.54) is 19.2 Å². The molecule has 10 nitrogen and oxygen atoms in total. The van der Waals surface area contributed by atoms with E-state index in [0.29, 0.717) is 0 Å². The van der Waals surface area contributed by atoms with E-state index in [9.17, 15) is 36.2 Å². The van der Waals surface area contributed by atoms with E-state index in [2.05, 4.69) is 30.4 Å². The number of carbonyl (C=O) groups is 1. The van der Waals surface area contributed by atoms with Crippen molar-refractivity contribution < 1.29 is 36.2 Å². The molecule has 0 saturated heterocycles. The van der Waals surface area contributed by atoms with Crippen molar-refractivity contribution in [2.45, 2.75) is 37.3 Å². The number of benzene rings is 1. The van der Waals surface area contributed by atoms with Crippen LogP contribution < -0.4 is 11.1 Å². The number of nitrogens with one attached hydrogen (secondary N) is 1. The van der Waals surface area contributed by atoms with Crippen LogP contribution in [-0.4, -0.2) is 52.7 Å². The van der Waals surface area contributed by atoms with Gasteiger partial charge in [0.05, 0.1) is 17.5 Å². The fourth-order valence-electron chi connectivity index (χ4n) is 4.21. The summed E-state index contributed by atoms with van der Waals surface area (Å²) in [7, 11) is 0. The van der Waals surface area contributed by atoms with Gasteiger partial charge in [-0.05, 0) is 31.0 Å². The SMILES string of the molecule is C[C@]1(c2ccc(F)c(O)c2)C(=O)Nc2nc(-c3cn4ncnc4c(CCC(F)(F)C(F)(F)F)n3)nc(N)c21. The summed E-state index contributed by atoms with van der Waals surface area (Å²) < 4.78 is 79.8. The van der Waals surface area contributed by atoms with E-state index < -0.39 is 47.8 Å². The maximum absolute atomic E-state index is 13.6. The molecule has 5 rings (SSSR count). The lowest BCUT2D eigenvalue weighted by Crippen LogP contribution is -2.36. The molecule has 4 N–H and O–H groups in total. The number of phenols is 1. The molecule has 3 aromatic heterocycles. The molecule has 1 atom stereocenters. The Bertz CT molecular complexity index is 1600. The second kappa shape index (κ2) is 8.26. The average molecular weight is 538 g/mol. The van der Waals surface area contributed by atoms with Crippen LogP contribution >= 0.6 is 0 Å². The highest BCUT2D eigenvalue weighted by atomic mass is 19.4. The normalized spacial score (nSPS) is 17.6. The zero-order chi connectivity index (χ0) is 27.6. The highest BCUT2D eigenvalue weighted by molar-refractivity contribution is 6.09. The number of hydrogen-bond acceptors (Lipinski definition) is 8. The Balaban J connectivity index is 1.57. The molecule has 0 spiro atoms. The summed E-state index contributed by atoms with van der Waals surface area (Å²) in [5, 5.41) is 16.2. The number of nitrogens with two attached hydrogens (primary N) is 1. The molecule has 1 amide bonds. The zero-order valence-electron chi connectivity index (χ0n) is 19.2. The summed E-state index contributed by atoms with van der Waals surface area (Å²) in [5.74, 6) is -7.56. The number of alkyl halides is 5. The van der Waals surface area contributed by atoms with Gasteiger partial charge in [-0.2, -0.15) is 27.1 Å². The van der Waals surface area contributed by atoms with Gasteiger partial charge in [-0.1, -0.05) is 6.07 Å². The van der Waals surface area contributed by atoms with Gasteiger partial charge in [-0.15, -0.1) is 0 Å². The van der Waals surface area contributed by atoms with Crippen LogP contribution in [0, 0.1) is 5.82 Å². The lowest BCUT2D eigenvalue weighted by Gasteiger charge is -2.23. The van der Waals surface area contributed by atoms with Gasteiger partial charge >= 0.3 is 12.1 Å². The molecule has 0 bridgehead atoms. The average Bonchev–Trinajstić information content (AvgIpc) is 3.41. The molecular weight excluding hydrogens is 522 g/mol. The number of fused-ring (bicyclic) bond motifs is 2. The third-order valence-electron chi connectivity index (χ3n) is 6.30. The van der Waals surface area contributed by atoms with Crippen LogP contribution in [0.3, 0.4) is 0 Å². The van der Waals surface area contributed by atoms with E-state index in [-0.39, 0.29) is 45.6 Å². The molecule has 0 saturated carbocycles. The molecule has 1 aliphatic rings. The van der Waals surface area contributed by atoms with Crippen molar-refractivity contribution in [2.24, 2.45) is 0 Å². The minimum absolute atomic E-state index is 0.0329. The van der Waals surface area contributed by atoms with Crippen LogP contribution in [0.4, 0.5) is 38.0 Å². The van der Waals surface area contributed by atoms with Crippen molar-refractivity contribution in [2.75, 3.05) is 11.1 Å². The molecular formula is C22H16F6N8O2. The third-order valence-corrected chi connectivity index (χ3v) is 6.30. The summed E-state index contributed by atoms with van der Waals surface area (Å²) >= 11 is 0. The number of aromatic hydroxyl groups is 1. The largest absolute Gasteiger partial charge is 0.505 e. The van der Waals surface area contributed by atoms with Gasteiger partial charge in [-0.3, -0.25) is 4.79 Å². The van der Waals surface area contributed by atoms with Gasteiger partial charge in [0.1, 0.15) is 29.1 Å². The smallest absolute Gasteiger partial charge is 0.453 e. The van der Waals surface area contributed by atoms with Crippen molar-refractivity contribution in [3.05, 3.63) is 53.4 Å². The first-order chi connectivity index (χ1) is 17.7. The number of amides is 1. The number of nitrogens with zero attached hydrogens (tertiary/aromatic N) is 6. The molecule has 0 unspecified atom stereocenters. The summed E-state index contributed by atoms with van der Waals surface area (Å²) in [6, 6.07) is 3.34. The summed E-state index contributed by atoms with van der Waals surface area (Å²) in [4.78, 5) is 29.4. The van der Waals surface area contributed by atoms with Crippen LogP contribution in [0.1, 0.15) is 30.2 Å². The highest BCUT2D eigenvalue weighted by Gasteiger charge is 2.56. The first-order valence-corrected chi connectivity index (χ1v) is 10.8. The van der Waals surface area contributed by atoms with Crippen molar-refractivity contribution in [1.29, 1.82) is 0 Å². The number of nitrogen functional groups attached to an aromatic ring is 1. The molecule has 0 fully saturated rings. The Kier molecular flexibility index (Phi) is 5.47. The van der Waals surface area contributed by atoms with Gasteiger partial charge in [0, 0.05) is 6.42 Å². The molecule has 198 valence electrons. The van der Waals surface area contributed by atoms with Crippen LogP contribution in [-0.2, 0) is 16.6 Å². The third kappa shape index (κ3) is 3.83.